The molecule has 0 aromatic rings. The summed E-state index contributed by atoms with van der Waals surface area (Å²) < 4.78 is 5.10. The molecule has 1 unspecified atom stereocenters. The third-order valence-corrected chi connectivity index (χ3v) is 2.35. The van der Waals surface area contributed by atoms with Gasteiger partial charge >= 0.3 is 5.97 Å². The van der Waals surface area contributed by atoms with E-state index >= 15 is 0 Å². The van der Waals surface area contributed by atoms with Crippen molar-refractivity contribution in [3.05, 3.63) is 0 Å². The van der Waals surface area contributed by atoms with Gasteiger partial charge in [-0.05, 0) is 20.3 Å². The molecule has 0 aliphatic carbocycles. The van der Waals surface area contributed by atoms with Gasteiger partial charge in [-0.25, -0.2) is 4.79 Å². The highest BCUT2D eigenvalue weighted by Gasteiger charge is 2.24. The topological polar surface area (TPSA) is 75.6 Å². The third kappa shape index (κ3) is 5.70. The van der Waals surface area contributed by atoms with Gasteiger partial charge in [0.05, 0.1) is 12.0 Å². The monoisotopic (exact) mass is 231 g/mol. The standard InChI is InChI=1S/C11H21NO4/c1-5-6-8(10(14)15)12-9(13)7-11(2,3)16-4/h8H,5-7H2,1-4H3,(H,12,13)(H,14,15). The minimum atomic E-state index is -0.995. The Kier molecular flexibility index (Phi) is 6.03. The van der Waals surface area contributed by atoms with Crippen molar-refractivity contribution in [2.24, 2.45) is 0 Å². The molecule has 1 atom stereocenters. The van der Waals surface area contributed by atoms with E-state index in [1.807, 2.05) is 6.92 Å². The molecule has 5 nitrogen and oxygen atoms in total. The number of nitrogens with one attached hydrogen (secondary N) is 1. The van der Waals surface area contributed by atoms with Gasteiger partial charge in [-0.1, -0.05) is 13.3 Å². The van der Waals surface area contributed by atoms with Crippen molar-refractivity contribution in [2.45, 2.75) is 51.7 Å². The summed E-state index contributed by atoms with van der Waals surface area (Å²) in [4.78, 5) is 22.4. The van der Waals surface area contributed by atoms with Crippen LogP contribution in [0.4, 0.5) is 0 Å². The molecule has 0 bridgehead atoms. The van der Waals surface area contributed by atoms with E-state index in [-0.39, 0.29) is 12.3 Å². The van der Waals surface area contributed by atoms with Crippen LogP contribution in [-0.2, 0) is 14.3 Å². The minimum Gasteiger partial charge on any atom is -0.480 e. The number of amides is 1. The maximum atomic E-state index is 11.6. The normalized spacial score (nSPS) is 13.2. The predicted octanol–water partition coefficient (Wildman–Crippen LogP) is 1.17. The lowest BCUT2D eigenvalue weighted by molar-refractivity contribution is -0.142. The first-order valence-corrected chi connectivity index (χ1v) is 5.39. The zero-order valence-electron chi connectivity index (χ0n) is 10.4. The van der Waals surface area contributed by atoms with Gasteiger partial charge in [0.15, 0.2) is 0 Å². The molecule has 2 N–H and O–H groups in total. The zero-order chi connectivity index (χ0) is 12.8. The van der Waals surface area contributed by atoms with Crippen LogP contribution in [0.15, 0.2) is 0 Å². The van der Waals surface area contributed by atoms with Gasteiger partial charge in [-0.15, -0.1) is 0 Å². The van der Waals surface area contributed by atoms with Crippen molar-refractivity contribution in [2.75, 3.05) is 7.11 Å². The maximum absolute atomic E-state index is 11.6. The molecule has 94 valence electrons. The molecule has 0 heterocycles. The number of hydrogen-bond acceptors (Lipinski definition) is 3. The number of carbonyl (C=O) groups excluding carboxylic acids is 1. The molecule has 0 spiro atoms. The SMILES string of the molecule is CCCC(NC(=O)CC(C)(C)OC)C(=O)O. The number of carboxylic acid groups (broad SMARTS) is 1. The largest absolute Gasteiger partial charge is 0.480 e. The lowest BCUT2D eigenvalue weighted by Crippen LogP contribution is -2.43. The van der Waals surface area contributed by atoms with Crippen molar-refractivity contribution in [1.29, 1.82) is 0 Å². The van der Waals surface area contributed by atoms with Crippen LogP contribution in [0.25, 0.3) is 0 Å². The van der Waals surface area contributed by atoms with Crippen LogP contribution in [0.1, 0.15) is 40.0 Å². The van der Waals surface area contributed by atoms with E-state index in [9.17, 15) is 9.59 Å². The Bertz CT molecular complexity index is 250. The lowest BCUT2D eigenvalue weighted by Gasteiger charge is -2.23. The van der Waals surface area contributed by atoms with E-state index in [0.717, 1.165) is 0 Å². The molecule has 0 aromatic heterocycles. The average Bonchev–Trinajstić information content (AvgIpc) is 2.16. The number of rotatable bonds is 7. The van der Waals surface area contributed by atoms with Crippen LogP contribution < -0.4 is 5.32 Å². The first-order chi connectivity index (χ1) is 7.32. The van der Waals surface area contributed by atoms with Crippen LogP contribution >= 0.6 is 0 Å². The Morgan fingerprint density at radius 2 is 2.00 bits per heavy atom. The van der Waals surface area contributed by atoms with Crippen LogP contribution in [-0.4, -0.2) is 35.7 Å². The highest BCUT2D eigenvalue weighted by atomic mass is 16.5. The molecule has 0 aliphatic rings. The Balaban J connectivity index is 4.25. The van der Waals surface area contributed by atoms with Crippen molar-refractivity contribution in [3.63, 3.8) is 0 Å². The van der Waals surface area contributed by atoms with E-state index in [4.69, 9.17) is 9.84 Å². The number of aliphatic carboxylic acids is 1. The second kappa shape index (κ2) is 6.48. The maximum Gasteiger partial charge on any atom is 0.326 e. The number of ether oxygens (including phenoxy) is 1. The van der Waals surface area contributed by atoms with Crippen molar-refractivity contribution >= 4 is 11.9 Å². The zero-order valence-corrected chi connectivity index (χ0v) is 10.4. The van der Waals surface area contributed by atoms with Gasteiger partial charge in [0.25, 0.3) is 0 Å². The first-order valence-electron chi connectivity index (χ1n) is 5.39. The van der Waals surface area contributed by atoms with E-state index in [1.54, 1.807) is 13.8 Å². The summed E-state index contributed by atoms with van der Waals surface area (Å²) in [7, 11) is 1.52. The third-order valence-electron chi connectivity index (χ3n) is 2.35. The van der Waals surface area contributed by atoms with Crippen LogP contribution in [0.3, 0.4) is 0 Å². The Labute approximate surface area is 96.2 Å². The Morgan fingerprint density at radius 1 is 1.44 bits per heavy atom. The molecular formula is C11H21NO4. The van der Waals surface area contributed by atoms with Gasteiger partial charge < -0.3 is 15.2 Å². The fourth-order valence-corrected chi connectivity index (χ4v) is 1.25. The molecule has 0 fully saturated rings. The Morgan fingerprint density at radius 3 is 2.38 bits per heavy atom. The molecule has 0 saturated carbocycles. The van der Waals surface area contributed by atoms with E-state index < -0.39 is 17.6 Å². The summed E-state index contributed by atoms with van der Waals surface area (Å²) in [6, 6.07) is -0.801. The van der Waals surface area contributed by atoms with Crippen molar-refractivity contribution in [1.82, 2.24) is 5.32 Å². The molecule has 0 saturated heterocycles. The predicted molar refractivity (Wildman–Crippen MR) is 60.2 cm³/mol. The smallest absolute Gasteiger partial charge is 0.326 e. The second-order valence-electron chi connectivity index (χ2n) is 4.39. The fraction of sp³-hybridized carbons (Fsp3) is 0.818. The fourth-order valence-electron chi connectivity index (χ4n) is 1.25. The van der Waals surface area contributed by atoms with E-state index in [1.165, 1.54) is 7.11 Å². The summed E-state index contributed by atoms with van der Waals surface area (Å²) in [6.45, 7) is 5.44. The summed E-state index contributed by atoms with van der Waals surface area (Å²) >= 11 is 0. The quantitative estimate of drug-likeness (QED) is 0.689. The summed E-state index contributed by atoms with van der Waals surface area (Å²) in [5.74, 6) is -1.29. The van der Waals surface area contributed by atoms with Gasteiger partial charge in [0.2, 0.25) is 5.91 Å². The molecule has 16 heavy (non-hydrogen) atoms. The van der Waals surface area contributed by atoms with Gasteiger partial charge in [0, 0.05) is 7.11 Å². The van der Waals surface area contributed by atoms with E-state index in [0.29, 0.717) is 12.8 Å². The highest BCUT2D eigenvalue weighted by molar-refractivity contribution is 5.83. The van der Waals surface area contributed by atoms with Crippen LogP contribution in [0.2, 0.25) is 0 Å². The summed E-state index contributed by atoms with van der Waals surface area (Å²) in [6.07, 6.45) is 1.30. The van der Waals surface area contributed by atoms with Gasteiger partial charge in [-0.2, -0.15) is 0 Å². The molecule has 5 heteroatoms. The summed E-state index contributed by atoms with van der Waals surface area (Å²) in [5, 5.41) is 11.4. The van der Waals surface area contributed by atoms with Crippen molar-refractivity contribution in [3.8, 4) is 0 Å². The molecule has 0 radical (unpaired) electrons. The second-order valence-corrected chi connectivity index (χ2v) is 4.39. The first kappa shape index (κ1) is 14.9. The summed E-state index contributed by atoms with van der Waals surface area (Å²) in [5.41, 5.74) is -0.570. The number of carboxylic acids is 1. The Hall–Kier alpha value is -1.10. The van der Waals surface area contributed by atoms with Gasteiger partial charge in [-0.3, -0.25) is 4.79 Å². The van der Waals surface area contributed by atoms with Crippen molar-refractivity contribution < 1.29 is 19.4 Å². The highest BCUT2D eigenvalue weighted by Crippen LogP contribution is 2.12. The number of carbonyl (C=O) groups is 2. The molecule has 0 rings (SSSR count). The molecular weight excluding hydrogens is 210 g/mol. The van der Waals surface area contributed by atoms with E-state index in [2.05, 4.69) is 5.32 Å². The molecule has 0 aromatic carbocycles. The molecule has 1 amide bonds. The van der Waals surface area contributed by atoms with Crippen LogP contribution in [0, 0.1) is 0 Å². The average molecular weight is 231 g/mol. The number of methoxy groups -OCH3 is 1. The minimum absolute atomic E-state index is 0.150. The molecule has 0 aliphatic heterocycles. The van der Waals surface area contributed by atoms with Crippen LogP contribution in [0.5, 0.6) is 0 Å². The number of hydrogen-bond donors (Lipinski definition) is 2. The lowest BCUT2D eigenvalue weighted by atomic mass is 10.0. The van der Waals surface area contributed by atoms with Gasteiger partial charge in [0.1, 0.15) is 6.04 Å².